The molecule has 0 aliphatic carbocycles. The van der Waals surface area contributed by atoms with Crippen molar-refractivity contribution in [3.05, 3.63) is 71.6 Å². The third-order valence-corrected chi connectivity index (χ3v) is 3.96. The van der Waals surface area contributed by atoms with Crippen LogP contribution < -0.4 is 0 Å². The average Bonchev–Trinajstić information content (AvgIpc) is 3.11. The molecule has 2 aromatic carbocycles. The minimum absolute atomic E-state index is 0.0211. The fraction of sp³-hybridized carbons (Fsp3) is 0.263. The standard InChI is InChI=1S/C19H18F3N3O2/c20-19(21,22)16-8-6-15(7-9-16)18-23-17(27-24-18)13-25(10-11-26)12-14-4-2-1-3-5-14/h1-9,26H,10-13H2. The molecule has 0 spiro atoms. The molecule has 8 heteroatoms. The van der Waals surface area contributed by atoms with Crippen molar-refractivity contribution < 1.29 is 22.8 Å². The van der Waals surface area contributed by atoms with Crippen molar-refractivity contribution in [1.29, 1.82) is 0 Å². The summed E-state index contributed by atoms with van der Waals surface area (Å²) in [5, 5.41) is 13.1. The Kier molecular flexibility index (Phi) is 5.88. The molecule has 0 saturated carbocycles. The zero-order chi connectivity index (χ0) is 19.3. The molecule has 0 radical (unpaired) electrons. The zero-order valence-corrected chi connectivity index (χ0v) is 14.4. The Bertz CT molecular complexity index is 849. The Morgan fingerprint density at radius 3 is 2.30 bits per heavy atom. The van der Waals surface area contributed by atoms with Crippen molar-refractivity contribution in [3.63, 3.8) is 0 Å². The smallest absolute Gasteiger partial charge is 0.395 e. The van der Waals surface area contributed by atoms with Crippen molar-refractivity contribution in [2.75, 3.05) is 13.2 Å². The van der Waals surface area contributed by atoms with E-state index in [9.17, 15) is 18.3 Å². The molecule has 0 aliphatic heterocycles. The summed E-state index contributed by atoms with van der Waals surface area (Å²) in [5.41, 5.74) is 0.787. The van der Waals surface area contributed by atoms with Gasteiger partial charge in [-0.1, -0.05) is 47.6 Å². The summed E-state index contributed by atoms with van der Waals surface area (Å²) in [4.78, 5) is 6.20. The number of rotatable bonds is 7. The van der Waals surface area contributed by atoms with Crippen molar-refractivity contribution in [2.24, 2.45) is 0 Å². The second kappa shape index (κ2) is 8.32. The molecule has 142 valence electrons. The van der Waals surface area contributed by atoms with E-state index in [4.69, 9.17) is 4.52 Å². The van der Waals surface area contributed by atoms with E-state index < -0.39 is 11.7 Å². The lowest BCUT2D eigenvalue weighted by molar-refractivity contribution is -0.137. The number of aliphatic hydroxyl groups excluding tert-OH is 1. The number of aliphatic hydroxyl groups is 1. The largest absolute Gasteiger partial charge is 0.416 e. The molecule has 5 nitrogen and oxygen atoms in total. The van der Waals surface area contributed by atoms with Gasteiger partial charge in [-0.3, -0.25) is 4.90 Å². The molecule has 0 aliphatic rings. The molecule has 0 atom stereocenters. The highest BCUT2D eigenvalue weighted by molar-refractivity contribution is 5.54. The van der Waals surface area contributed by atoms with Crippen LogP contribution in [0.3, 0.4) is 0 Å². The number of alkyl halides is 3. The Morgan fingerprint density at radius 2 is 1.67 bits per heavy atom. The van der Waals surface area contributed by atoms with Gasteiger partial charge in [-0.05, 0) is 17.7 Å². The van der Waals surface area contributed by atoms with Gasteiger partial charge in [0, 0.05) is 18.7 Å². The summed E-state index contributed by atoms with van der Waals surface area (Å²) in [6.45, 7) is 1.32. The number of nitrogens with zero attached hydrogens (tertiary/aromatic N) is 3. The molecule has 3 aromatic rings. The fourth-order valence-corrected chi connectivity index (χ4v) is 2.63. The predicted octanol–water partition coefficient (Wildman–Crippen LogP) is 3.75. The maximum Gasteiger partial charge on any atom is 0.416 e. The van der Waals surface area contributed by atoms with Gasteiger partial charge in [-0.25, -0.2) is 0 Å². The van der Waals surface area contributed by atoms with Gasteiger partial charge in [0.15, 0.2) is 0 Å². The van der Waals surface area contributed by atoms with Gasteiger partial charge in [0.25, 0.3) is 0 Å². The summed E-state index contributed by atoms with van der Waals surface area (Å²) in [6, 6.07) is 14.3. The van der Waals surface area contributed by atoms with Crippen LogP contribution in [-0.4, -0.2) is 33.3 Å². The fourth-order valence-electron chi connectivity index (χ4n) is 2.63. The number of hydrogen-bond acceptors (Lipinski definition) is 5. The van der Waals surface area contributed by atoms with Gasteiger partial charge < -0.3 is 9.63 Å². The van der Waals surface area contributed by atoms with Crippen LogP contribution in [0.4, 0.5) is 13.2 Å². The van der Waals surface area contributed by atoms with E-state index in [-0.39, 0.29) is 12.4 Å². The molecule has 0 saturated heterocycles. The van der Waals surface area contributed by atoms with E-state index in [0.29, 0.717) is 31.1 Å². The number of benzene rings is 2. The molecular weight excluding hydrogens is 359 g/mol. The summed E-state index contributed by atoms with van der Waals surface area (Å²) in [5.74, 6) is 0.552. The maximum absolute atomic E-state index is 12.6. The normalized spacial score (nSPS) is 11.9. The third kappa shape index (κ3) is 5.15. The van der Waals surface area contributed by atoms with Gasteiger partial charge in [0.05, 0.1) is 18.7 Å². The van der Waals surface area contributed by atoms with Gasteiger partial charge in [0.2, 0.25) is 11.7 Å². The molecular formula is C19H18F3N3O2. The van der Waals surface area contributed by atoms with Gasteiger partial charge in [-0.2, -0.15) is 18.2 Å². The average molecular weight is 377 g/mol. The molecule has 3 rings (SSSR count). The Balaban J connectivity index is 1.70. The number of halogens is 3. The van der Waals surface area contributed by atoms with E-state index in [1.807, 2.05) is 35.2 Å². The molecule has 1 heterocycles. The first-order chi connectivity index (χ1) is 13.0. The highest BCUT2D eigenvalue weighted by Gasteiger charge is 2.30. The van der Waals surface area contributed by atoms with Crippen LogP contribution in [0.1, 0.15) is 17.0 Å². The minimum atomic E-state index is -4.39. The molecule has 1 N–H and O–H groups in total. The van der Waals surface area contributed by atoms with Crippen molar-refractivity contribution >= 4 is 0 Å². The quantitative estimate of drug-likeness (QED) is 0.680. The predicted molar refractivity (Wildman–Crippen MR) is 92.4 cm³/mol. The van der Waals surface area contributed by atoms with E-state index >= 15 is 0 Å². The lowest BCUT2D eigenvalue weighted by Gasteiger charge is -2.19. The first-order valence-electron chi connectivity index (χ1n) is 8.33. The molecule has 1 aromatic heterocycles. The summed E-state index contributed by atoms with van der Waals surface area (Å²) >= 11 is 0. The number of aromatic nitrogens is 2. The topological polar surface area (TPSA) is 62.4 Å². The van der Waals surface area contributed by atoms with Crippen LogP contribution in [0.5, 0.6) is 0 Å². The molecule has 0 unspecified atom stereocenters. The van der Waals surface area contributed by atoms with Crippen LogP contribution in [0, 0.1) is 0 Å². The van der Waals surface area contributed by atoms with E-state index in [0.717, 1.165) is 17.7 Å². The van der Waals surface area contributed by atoms with Crippen LogP contribution in [0.15, 0.2) is 59.1 Å². The second-order valence-corrected chi connectivity index (χ2v) is 6.01. The maximum atomic E-state index is 12.6. The highest BCUT2D eigenvalue weighted by atomic mass is 19.4. The van der Waals surface area contributed by atoms with Gasteiger partial charge in [0.1, 0.15) is 0 Å². The van der Waals surface area contributed by atoms with Crippen molar-refractivity contribution in [1.82, 2.24) is 15.0 Å². The third-order valence-electron chi connectivity index (χ3n) is 3.96. The van der Waals surface area contributed by atoms with Gasteiger partial charge >= 0.3 is 6.18 Å². The first kappa shape index (κ1) is 19.1. The van der Waals surface area contributed by atoms with Crippen molar-refractivity contribution in [3.8, 4) is 11.4 Å². The van der Waals surface area contributed by atoms with E-state index in [1.54, 1.807) is 0 Å². The van der Waals surface area contributed by atoms with Crippen LogP contribution in [0.25, 0.3) is 11.4 Å². The lowest BCUT2D eigenvalue weighted by Crippen LogP contribution is -2.26. The van der Waals surface area contributed by atoms with Crippen LogP contribution in [0.2, 0.25) is 0 Å². The Labute approximate surface area is 154 Å². The monoisotopic (exact) mass is 377 g/mol. The lowest BCUT2D eigenvalue weighted by atomic mass is 10.1. The zero-order valence-electron chi connectivity index (χ0n) is 14.4. The van der Waals surface area contributed by atoms with E-state index in [2.05, 4.69) is 10.1 Å². The van der Waals surface area contributed by atoms with Gasteiger partial charge in [-0.15, -0.1) is 0 Å². The summed E-state index contributed by atoms with van der Waals surface area (Å²) < 4.78 is 43.2. The van der Waals surface area contributed by atoms with Crippen LogP contribution >= 0.6 is 0 Å². The highest BCUT2D eigenvalue weighted by Crippen LogP contribution is 2.30. The molecule has 0 bridgehead atoms. The molecule has 0 amide bonds. The summed E-state index contributed by atoms with van der Waals surface area (Å²) in [7, 11) is 0. The second-order valence-electron chi connectivity index (χ2n) is 6.01. The van der Waals surface area contributed by atoms with Crippen molar-refractivity contribution in [2.45, 2.75) is 19.3 Å². The Morgan fingerprint density at radius 1 is 0.963 bits per heavy atom. The first-order valence-corrected chi connectivity index (χ1v) is 8.33. The number of hydrogen-bond donors (Lipinski definition) is 1. The molecule has 27 heavy (non-hydrogen) atoms. The van der Waals surface area contributed by atoms with Crippen LogP contribution in [-0.2, 0) is 19.3 Å². The summed E-state index contributed by atoms with van der Waals surface area (Å²) in [6.07, 6.45) is -4.39. The minimum Gasteiger partial charge on any atom is -0.395 e. The Hall–Kier alpha value is -2.71. The SMILES string of the molecule is OCCN(Cc1ccccc1)Cc1nc(-c2ccc(C(F)(F)F)cc2)no1. The van der Waals surface area contributed by atoms with E-state index in [1.165, 1.54) is 12.1 Å². The molecule has 0 fully saturated rings.